The number of amides is 2. The molecule has 5 nitrogen and oxygen atoms in total. The molecule has 2 heterocycles. The lowest BCUT2D eigenvalue weighted by molar-refractivity contribution is -0.122. The lowest BCUT2D eigenvalue weighted by atomic mass is 10.0. The van der Waals surface area contributed by atoms with Crippen LogP contribution in [0.25, 0.3) is 6.08 Å². The third-order valence-corrected chi connectivity index (χ3v) is 5.93. The summed E-state index contributed by atoms with van der Waals surface area (Å²) < 4.78 is 14.8. The van der Waals surface area contributed by atoms with Crippen LogP contribution in [0.1, 0.15) is 35.1 Å². The second kappa shape index (κ2) is 8.23. The summed E-state index contributed by atoms with van der Waals surface area (Å²) in [4.78, 5) is 29.2. The van der Waals surface area contributed by atoms with E-state index in [9.17, 15) is 14.0 Å². The third kappa shape index (κ3) is 4.10. The minimum Gasteiger partial charge on any atom is -0.369 e. The molecule has 2 aliphatic rings. The van der Waals surface area contributed by atoms with Crippen molar-refractivity contribution in [3.63, 3.8) is 0 Å². The van der Waals surface area contributed by atoms with Gasteiger partial charge in [0.2, 0.25) is 0 Å². The summed E-state index contributed by atoms with van der Waals surface area (Å²) in [7, 11) is 0. The molecule has 2 amide bonds. The molecule has 1 N–H and O–H groups in total. The molecule has 0 saturated carbocycles. The maximum absolute atomic E-state index is 14.8. The number of hydrogen-bond acceptors (Lipinski definition) is 4. The third-order valence-electron chi connectivity index (χ3n) is 5.65. The molecule has 2 fully saturated rings. The van der Waals surface area contributed by atoms with Crippen LogP contribution in [0.4, 0.5) is 15.8 Å². The number of thiocarbonyl (C=S) groups is 1. The largest absolute Gasteiger partial charge is 0.369 e. The van der Waals surface area contributed by atoms with E-state index in [0.717, 1.165) is 42.6 Å². The van der Waals surface area contributed by atoms with Gasteiger partial charge in [0.25, 0.3) is 11.8 Å². The zero-order valence-corrected chi connectivity index (χ0v) is 18.6. The molecule has 0 spiro atoms. The minimum atomic E-state index is -0.584. The maximum atomic E-state index is 14.8. The lowest BCUT2D eigenvalue weighted by Gasteiger charge is -2.29. The van der Waals surface area contributed by atoms with Gasteiger partial charge in [-0.25, -0.2) is 4.39 Å². The topological polar surface area (TPSA) is 52.7 Å². The average Bonchev–Trinajstić information content (AvgIpc) is 3.21. The molecule has 7 heteroatoms. The number of carbonyl (C=O) groups excluding carboxylic acids is 2. The first kappa shape index (κ1) is 21.2. The number of nitrogens with one attached hydrogen (secondary N) is 1. The second-order valence-corrected chi connectivity index (χ2v) is 8.54. The standard InChI is InChI=1S/C24H24FN3O2S/c1-14-8-15(2)10-18(9-14)28-23(30)19(22(29)26-24(28)31)12-17-13-20(25)21(11-16(17)3)27-6-4-5-7-27/h8-13H,4-7H2,1-3H3,(H,26,29,31)/b19-12+. The summed E-state index contributed by atoms with van der Waals surface area (Å²) in [6.45, 7) is 7.37. The highest BCUT2D eigenvalue weighted by atomic mass is 32.1. The number of nitrogens with zero attached hydrogens (tertiary/aromatic N) is 2. The highest BCUT2D eigenvalue weighted by Crippen LogP contribution is 2.29. The van der Waals surface area contributed by atoms with Gasteiger partial charge >= 0.3 is 0 Å². The van der Waals surface area contributed by atoms with Crippen molar-refractivity contribution in [3.8, 4) is 0 Å². The summed E-state index contributed by atoms with van der Waals surface area (Å²) in [6.07, 6.45) is 3.54. The van der Waals surface area contributed by atoms with Crippen molar-refractivity contribution in [2.24, 2.45) is 0 Å². The first-order chi connectivity index (χ1) is 14.7. The first-order valence-corrected chi connectivity index (χ1v) is 10.7. The van der Waals surface area contributed by atoms with Crippen LogP contribution in [0.5, 0.6) is 0 Å². The highest BCUT2D eigenvalue weighted by molar-refractivity contribution is 7.80. The Morgan fingerprint density at radius 1 is 1.00 bits per heavy atom. The SMILES string of the molecule is Cc1cc(C)cc(N2C(=O)/C(=C/c3cc(F)c(N4CCCC4)cc3C)C(=O)NC2=S)c1. The van der Waals surface area contributed by atoms with Crippen molar-refractivity contribution in [1.82, 2.24) is 5.32 Å². The van der Waals surface area contributed by atoms with Gasteiger partial charge in [-0.1, -0.05) is 6.07 Å². The fourth-order valence-electron chi connectivity index (χ4n) is 4.16. The van der Waals surface area contributed by atoms with E-state index in [2.05, 4.69) is 5.32 Å². The Kier molecular flexibility index (Phi) is 5.62. The van der Waals surface area contributed by atoms with Gasteiger partial charge in [-0.3, -0.25) is 19.8 Å². The molecule has 0 aliphatic carbocycles. The van der Waals surface area contributed by atoms with Crippen molar-refractivity contribution >= 4 is 46.6 Å². The van der Waals surface area contributed by atoms with Gasteiger partial charge in [0.05, 0.1) is 11.4 Å². The number of halogens is 1. The van der Waals surface area contributed by atoms with Gasteiger partial charge in [-0.05, 0) is 98.4 Å². The number of hydrogen-bond donors (Lipinski definition) is 1. The minimum absolute atomic E-state index is 0.0319. The van der Waals surface area contributed by atoms with Crippen molar-refractivity contribution in [2.75, 3.05) is 22.9 Å². The number of benzene rings is 2. The smallest absolute Gasteiger partial charge is 0.270 e. The molecule has 2 saturated heterocycles. The quantitative estimate of drug-likeness (QED) is 0.445. The molecule has 2 aliphatic heterocycles. The molecular weight excluding hydrogens is 413 g/mol. The molecule has 31 heavy (non-hydrogen) atoms. The van der Waals surface area contributed by atoms with Gasteiger partial charge in [-0.2, -0.15) is 0 Å². The fraction of sp³-hybridized carbons (Fsp3) is 0.292. The van der Waals surface area contributed by atoms with Crippen molar-refractivity contribution in [1.29, 1.82) is 0 Å². The summed E-state index contributed by atoms with van der Waals surface area (Å²) in [5, 5.41) is 2.62. The maximum Gasteiger partial charge on any atom is 0.270 e. The number of anilines is 2. The molecule has 160 valence electrons. The number of rotatable bonds is 3. The molecule has 0 unspecified atom stereocenters. The van der Waals surface area contributed by atoms with E-state index >= 15 is 0 Å². The van der Waals surface area contributed by atoms with Gasteiger partial charge in [-0.15, -0.1) is 0 Å². The first-order valence-electron chi connectivity index (χ1n) is 10.3. The van der Waals surface area contributed by atoms with Crippen molar-refractivity contribution in [2.45, 2.75) is 33.6 Å². The Bertz CT molecular complexity index is 1120. The monoisotopic (exact) mass is 437 g/mol. The van der Waals surface area contributed by atoms with E-state index in [4.69, 9.17) is 12.2 Å². The van der Waals surface area contributed by atoms with E-state index in [0.29, 0.717) is 16.9 Å². The Morgan fingerprint density at radius 2 is 1.65 bits per heavy atom. The molecule has 0 bridgehead atoms. The summed E-state index contributed by atoms with van der Waals surface area (Å²) in [6, 6.07) is 8.84. The van der Waals surface area contributed by atoms with Gasteiger partial charge < -0.3 is 4.90 Å². The molecule has 2 aromatic carbocycles. The van der Waals surface area contributed by atoms with Crippen molar-refractivity contribution in [3.05, 3.63) is 64.0 Å². The van der Waals surface area contributed by atoms with Crippen LogP contribution >= 0.6 is 12.2 Å². The fourth-order valence-corrected chi connectivity index (χ4v) is 4.45. The van der Waals surface area contributed by atoms with Crippen LogP contribution in [-0.2, 0) is 9.59 Å². The molecule has 2 aromatic rings. The Hall–Kier alpha value is -3.06. The molecule has 0 atom stereocenters. The van der Waals surface area contributed by atoms with Crippen LogP contribution in [0.15, 0.2) is 35.9 Å². The van der Waals surface area contributed by atoms with Gasteiger partial charge in [0, 0.05) is 13.1 Å². The molecule has 0 aromatic heterocycles. The zero-order chi connectivity index (χ0) is 22.3. The number of carbonyl (C=O) groups is 2. The van der Waals surface area contributed by atoms with E-state index in [-0.39, 0.29) is 16.5 Å². The number of aryl methyl sites for hydroxylation is 3. The van der Waals surface area contributed by atoms with E-state index in [1.807, 2.05) is 43.9 Å². The predicted molar refractivity (Wildman–Crippen MR) is 125 cm³/mol. The zero-order valence-electron chi connectivity index (χ0n) is 17.8. The van der Waals surface area contributed by atoms with Crippen LogP contribution in [0.3, 0.4) is 0 Å². The summed E-state index contributed by atoms with van der Waals surface area (Å²) >= 11 is 5.27. The average molecular weight is 438 g/mol. The Morgan fingerprint density at radius 3 is 2.29 bits per heavy atom. The van der Waals surface area contributed by atoms with Gasteiger partial charge in [0.15, 0.2) is 5.11 Å². The summed E-state index contributed by atoms with van der Waals surface area (Å²) in [5.74, 6) is -1.47. The molecule has 4 rings (SSSR count). The lowest BCUT2D eigenvalue weighted by Crippen LogP contribution is -2.54. The van der Waals surface area contributed by atoms with Crippen LogP contribution in [0.2, 0.25) is 0 Å². The molecular formula is C24H24FN3O2S. The summed E-state index contributed by atoms with van der Waals surface area (Å²) in [5.41, 5.74) is 4.31. The Labute approximate surface area is 186 Å². The normalized spacial score (nSPS) is 18.2. The van der Waals surface area contributed by atoms with Crippen LogP contribution < -0.4 is 15.1 Å². The highest BCUT2D eigenvalue weighted by Gasteiger charge is 2.34. The van der Waals surface area contributed by atoms with E-state index < -0.39 is 11.8 Å². The Balaban J connectivity index is 1.72. The predicted octanol–water partition coefficient (Wildman–Crippen LogP) is 4.18. The molecule has 0 radical (unpaired) electrons. The van der Waals surface area contributed by atoms with Crippen LogP contribution in [0, 0.1) is 26.6 Å². The second-order valence-electron chi connectivity index (χ2n) is 8.16. The van der Waals surface area contributed by atoms with Gasteiger partial charge in [0.1, 0.15) is 11.4 Å². The van der Waals surface area contributed by atoms with Crippen LogP contribution in [-0.4, -0.2) is 30.0 Å². The van der Waals surface area contributed by atoms with E-state index in [1.165, 1.54) is 17.0 Å². The van der Waals surface area contributed by atoms with Crippen molar-refractivity contribution < 1.29 is 14.0 Å². The van der Waals surface area contributed by atoms with E-state index in [1.54, 1.807) is 6.07 Å².